The molecule has 1 aromatic rings. The minimum atomic E-state index is -0.649. The van der Waals surface area contributed by atoms with E-state index in [-0.39, 0.29) is 28.4 Å². The van der Waals surface area contributed by atoms with Crippen molar-refractivity contribution in [2.45, 2.75) is 26.0 Å². The molecule has 1 aromatic carbocycles. The van der Waals surface area contributed by atoms with Crippen LogP contribution in [0.1, 0.15) is 19.4 Å². The third kappa shape index (κ3) is 2.84. The second-order valence-electron chi connectivity index (χ2n) is 4.80. The summed E-state index contributed by atoms with van der Waals surface area (Å²) in [4.78, 5) is 1.66. The lowest BCUT2D eigenvalue weighted by Gasteiger charge is -2.38. The van der Waals surface area contributed by atoms with Crippen LogP contribution in [-0.4, -0.2) is 30.3 Å². The number of rotatable bonds is 2. The number of morpholine rings is 1. The molecule has 1 aliphatic heterocycles. The largest absolute Gasteiger partial charge is 0.389 e. The van der Waals surface area contributed by atoms with Gasteiger partial charge >= 0.3 is 0 Å². The molecule has 0 spiro atoms. The third-order valence-corrected chi connectivity index (χ3v) is 3.43. The van der Waals surface area contributed by atoms with Gasteiger partial charge < -0.3 is 15.4 Å². The van der Waals surface area contributed by atoms with Crippen molar-refractivity contribution < 1.29 is 13.5 Å². The summed E-state index contributed by atoms with van der Waals surface area (Å²) < 4.78 is 33.7. The van der Waals surface area contributed by atoms with Gasteiger partial charge in [-0.1, -0.05) is 12.2 Å². The fraction of sp³-hybridized carbons (Fsp3) is 0.462. The molecule has 1 heterocycles. The number of benzene rings is 1. The molecule has 0 aromatic heterocycles. The highest BCUT2D eigenvalue weighted by Gasteiger charge is 2.28. The molecule has 0 saturated carbocycles. The molecule has 1 aliphatic rings. The molecule has 0 bridgehead atoms. The summed E-state index contributed by atoms with van der Waals surface area (Å²) in [6.07, 6.45) is -0.0646. The normalized spacial score (nSPS) is 23.5. The van der Waals surface area contributed by atoms with Crippen LogP contribution in [0.25, 0.3) is 0 Å². The quantitative estimate of drug-likeness (QED) is 0.846. The molecular formula is C13H16F2N2OS. The van der Waals surface area contributed by atoms with Crippen LogP contribution in [0.2, 0.25) is 0 Å². The van der Waals surface area contributed by atoms with Crippen molar-refractivity contribution in [2.75, 3.05) is 18.1 Å². The number of ether oxygens (including phenoxy) is 1. The summed E-state index contributed by atoms with van der Waals surface area (Å²) in [5.41, 5.74) is 5.55. The van der Waals surface area contributed by atoms with Gasteiger partial charge in [0.15, 0.2) is 0 Å². The Bertz CT molecular complexity index is 486. The van der Waals surface area contributed by atoms with Gasteiger partial charge in [0.05, 0.1) is 12.7 Å². The fourth-order valence-electron chi connectivity index (χ4n) is 2.20. The Hall–Kier alpha value is -1.27. The molecule has 0 amide bonds. The van der Waals surface area contributed by atoms with Gasteiger partial charge in [0.2, 0.25) is 0 Å². The monoisotopic (exact) mass is 286 g/mol. The molecule has 2 atom stereocenters. The molecule has 3 nitrogen and oxygen atoms in total. The van der Waals surface area contributed by atoms with Crippen LogP contribution in [-0.2, 0) is 4.74 Å². The maximum absolute atomic E-state index is 14.1. The molecule has 2 N–H and O–H groups in total. The lowest BCUT2D eigenvalue weighted by atomic mass is 10.1. The van der Waals surface area contributed by atoms with Crippen molar-refractivity contribution in [3.63, 3.8) is 0 Å². The molecule has 1 fully saturated rings. The number of anilines is 1. The van der Waals surface area contributed by atoms with Crippen molar-refractivity contribution in [3.8, 4) is 0 Å². The number of hydrogen-bond acceptors (Lipinski definition) is 3. The minimum Gasteiger partial charge on any atom is -0.389 e. The number of thiocarbonyl (C=S) groups is 1. The van der Waals surface area contributed by atoms with E-state index >= 15 is 0 Å². The van der Waals surface area contributed by atoms with Gasteiger partial charge in [-0.2, -0.15) is 0 Å². The van der Waals surface area contributed by atoms with Gasteiger partial charge in [0, 0.05) is 18.2 Å². The lowest BCUT2D eigenvalue weighted by Crippen LogP contribution is -2.48. The highest BCUT2D eigenvalue weighted by Crippen LogP contribution is 2.29. The molecule has 1 saturated heterocycles. The molecule has 0 radical (unpaired) electrons. The van der Waals surface area contributed by atoms with Crippen LogP contribution in [0.3, 0.4) is 0 Å². The van der Waals surface area contributed by atoms with Crippen molar-refractivity contribution in [1.29, 1.82) is 0 Å². The Morgan fingerprint density at radius 1 is 1.37 bits per heavy atom. The van der Waals surface area contributed by atoms with Crippen LogP contribution in [0, 0.1) is 11.6 Å². The summed E-state index contributed by atoms with van der Waals surface area (Å²) >= 11 is 4.73. The third-order valence-electron chi connectivity index (χ3n) is 3.20. The Morgan fingerprint density at radius 3 is 2.47 bits per heavy atom. The van der Waals surface area contributed by atoms with E-state index in [0.29, 0.717) is 13.2 Å². The summed E-state index contributed by atoms with van der Waals surface area (Å²) in [5, 5.41) is 0. The summed E-state index contributed by atoms with van der Waals surface area (Å²) in [5.74, 6) is -1.30. The summed E-state index contributed by atoms with van der Waals surface area (Å²) in [6, 6.07) is 2.26. The predicted octanol–water partition coefficient (Wildman–Crippen LogP) is 2.21. The van der Waals surface area contributed by atoms with Crippen molar-refractivity contribution in [1.82, 2.24) is 0 Å². The van der Waals surface area contributed by atoms with E-state index in [4.69, 9.17) is 22.7 Å². The predicted molar refractivity (Wildman–Crippen MR) is 74.5 cm³/mol. The zero-order valence-electron chi connectivity index (χ0n) is 10.8. The fourth-order valence-corrected chi connectivity index (χ4v) is 2.31. The Kier molecular flexibility index (Phi) is 4.01. The molecule has 6 heteroatoms. The second-order valence-corrected chi connectivity index (χ2v) is 5.24. The van der Waals surface area contributed by atoms with Gasteiger partial charge in [0.25, 0.3) is 0 Å². The van der Waals surface area contributed by atoms with Crippen LogP contribution in [0.5, 0.6) is 0 Å². The first-order valence-corrected chi connectivity index (χ1v) is 6.48. The zero-order valence-corrected chi connectivity index (χ0v) is 11.6. The molecule has 2 unspecified atom stereocenters. The Balaban J connectivity index is 2.41. The first-order valence-electron chi connectivity index (χ1n) is 6.07. The topological polar surface area (TPSA) is 38.5 Å². The van der Waals surface area contributed by atoms with Crippen molar-refractivity contribution in [3.05, 3.63) is 29.3 Å². The van der Waals surface area contributed by atoms with E-state index in [1.54, 1.807) is 4.90 Å². The smallest absolute Gasteiger partial charge is 0.150 e. The minimum absolute atomic E-state index is 0.0206. The van der Waals surface area contributed by atoms with Gasteiger partial charge in [-0.3, -0.25) is 0 Å². The first-order chi connectivity index (χ1) is 8.90. The van der Waals surface area contributed by atoms with Gasteiger partial charge in [-0.15, -0.1) is 0 Å². The van der Waals surface area contributed by atoms with Crippen molar-refractivity contribution >= 4 is 22.9 Å². The standard InChI is InChI=1S/C13H16F2N2OS/c1-7-6-18-8(2)5-17(7)12-10(14)3-9(13(16)19)4-11(12)15/h3-4,7-8H,5-6H2,1-2H3,(H2,16,19). The number of halogens is 2. The SMILES string of the molecule is CC1CN(c2c(F)cc(C(N)=S)cc2F)C(C)CO1. The van der Waals surface area contributed by atoms with Crippen LogP contribution < -0.4 is 10.6 Å². The average molecular weight is 286 g/mol. The Morgan fingerprint density at radius 2 is 1.95 bits per heavy atom. The van der Waals surface area contributed by atoms with Crippen LogP contribution >= 0.6 is 12.2 Å². The van der Waals surface area contributed by atoms with E-state index in [2.05, 4.69) is 0 Å². The van der Waals surface area contributed by atoms with E-state index in [1.165, 1.54) is 12.1 Å². The number of nitrogens with two attached hydrogens (primary N) is 1. The van der Waals surface area contributed by atoms with E-state index in [0.717, 1.165) is 0 Å². The highest BCUT2D eigenvalue weighted by atomic mass is 32.1. The summed E-state index contributed by atoms with van der Waals surface area (Å²) in [7, 11) is 0. The maximum Gasteiger partial charge on any atom is 0.150 e. The van der Waals surface area contributed by atoms with Gasteiger partial charge in [0.1, 0.15) is 22.3 Å². The second kappa shape index (κ2) is 5.38. The number of hydrogen-bond donors (Lipinski definition) is 1. The summed E-state index contributed by atoms with van der Waals surface area (Å²) in [6.45, 7) is 4.63. The zero-order chi connectivity index (χ0) is 14.2. The average Bonchev–Trinajstić information content (AvgIpc) is 2.32. The number of nitrogens with zero attached hydrogens (tertiary/aromatic N) is 1. The molecular weight excluding hydrogens is 270 g/mol. The van der Waals surface area contributed by atoms with E-state index in [1.807, 2.05) is 13.8 Å². The van der Waals surface area contributed by atoms with Crippen LogP contribution in [0.4, 0.5) is 14.5 Å². The maximum atomic E-state index is 14.1. The van der Waals surface area contributed by atoms with Gasteiger partial charge in [-0.25, -0.2) is 8.78 Å². The lowest BCUT2D eigenvalue weighted by molar-refractivity contribution is 0.0338. The molecule has 19 heavy (non-hydrogen) atoms. The Labute approximate surface area is 116 Å². The molecule has 2 rings (SSSR count). The van der Waals surface area contributed by atoms with E-state index < -0.39 is 11.6 Å². The van der Waals surface area contributed by atoms with Crippen LogP contribution in [0.15, 0.2) is 12.1 Å². The van der Waals surface area contributed by atoms with Crippen molar-refractivity contribution in [2.24, 2.45) is 5.73 Å². The highest BCUT2D eigenvalue weighted by molar-refractivity contribution is 7.80. The molecule has 104 valence electrons. The van der Waals surface area contributed by atoms with Gasteiger partial charge in [-0.05, 0) is 26.0 Å². The molecule has 0 aliphatic carbocycles. The first kappa shape index (κ1) is 14.1. The van der Waals surface area contributed by atoms with E-state index in [9.17, 15) is 8.78 Å².